The van der Waals surface area contributed by atoms with E-state index in [0.717, 1.165) is 10.9 Å². The normalized spacial score (nSPS) is 11.1. The Morgan fingerprint density at radius 3 is 2.70 bits per heavy atom. The van der Waals surface area contributed by atoms with Crippen molar-refractivity contribution in [1.82, 2.24) is 14.8 Å². The number of esters is 1. The fraction of sp³-hybridized carbons (Fsp3) is 0.231. The lowest BCUT2D eigenvalue weighted by Gasteiger charge is -2.11. The molecule has 0 unspecified atom stereocenters. The number of rotatable bonds is 3. The second kappa shape index (κ2) is 6.26. The molecule has 0 fully saturated rings. The molecule has 0 spiro atoms. The van der Waals surface area contributed by atoms with E-state index in [0.29, 0.717) is 12.3 Å². The molecule has 0 aliphatic carbocycles. The van der Waals surface area contributed by atoms with E-state index in [1.54, 1.807) is 13.0 Å². The lowest BCUT2D eigenvalue weighted by atomic mass is 10.2. The Labute approximate surface area is 133 Å². The second-order valence-corrected chi connectivity index (χ2v) is 4.59. The van der Waals surface area contributed by atoms with Crippen molar-refractivity contribution in [3.05, 3.63) is 40.3 Å². The van der Waals surface area contributed by atoms with E-state index in [-0.39, 0.29) is 28.7 Å². The summed E-state index contributed by atoms with van der Waals surface area (Å²) >= 11 is 5.82. The molecule has 0 atom stereocenters. The third-order valence-electron chi connectivity index (χ3n) is 2.71. The fourth-order valence-corrected chi connectivity index (χ4v) is 1.97. The molecule has 23 heavy (non-hydrogen) atoms. The van der Waals surface area contributed by atoms with Crippen LogP contribution in [0.3, 0.4) is 0 Å². The number of carbonyl (C=O) groups is 1. The number of aromatic nitrogens is 3. The van der Waals surface area contributed by atoms with Crippen molar-refractivity contribution in [2.75, 3.05) is 6.61 Å². The summed E-state index contributed by atoms with van der Waals surface area (Å²) in [6.45, 7) is 1.61. The van der Waals surface area contributed by atoms with Crippen molar-refractivity contribution in [3.8, 4) is 11.9 Å². The number of pyridine rings is 1. The lowest BCUT2D eigenvalue weighted by molar-refractivity contribution is -0.137. The second-order valence-electron chi connectivity index (χ2n) is 4.18. The minimum atomic E-state index is -4.61. The minimum Gasteiger partial charge on any atom is -0.461 e. The van der Waals surface area contributed by atoms with Gasteiger partial charge in [-0.3, -0.25) is 0 Å². The number of ether oxygens (including phenoxy) is 1. The number of hydrogen-bond donors (Lipinski definition) is 0. The summed E-state index contributed by atoms with van der Waals surface area (Å²) in [6.07, 6.45) is -2.98. The Hall–Kier alpha value is -2.60. The van der Waals surface area contributed by atoms with E-state index in [9.17, 15) is 18.0 Å². The van der Waals surface area contributed by atoms with Crippen molar-refractivity contribution in [2.45, 2.75) is 13.1 Å². The fourth-order valence-electron chi connectivity index (χ4n) is 1.73. The predicted octanol–water partition coefficient (Wildman–Crippen LogP) is 2.99. The highest BCUT2D eigenvalue weighted by Crippen LogP contribution is 2.32. The maximum absolute atomic E-state index is 12.6. The molecule has 0 radical (unpaired) electrons. The standard InChI is InChI=1S/C13H8ClF3N4O2/c1-2-23-12(22)10-7(4-18)5-20-21(10)11-9(14)3-8(6-19-11)13(15,16)17/h3,5-6H,2H2,1H3. The molecule has 0 bridgehead atoms. The van der Waals surface area contributed by atoms with Gasteiger partial charge >= 0.3 is 12.1 Å². The van der Waals surface area contributed by atoms with Gasteiger partial charge in [-0.2, -0.15) is 23.5 Å². The van der Waals surface area contributed by atoms with E-state index < -0.39 is 17.7 Å². The maximum atomic E-state index is 12.6. The van der Waals surface area contributed by atoms with Crippen LogP contribution in [0.5, 0.6) is 0 Å². The number of alkyl halides is 3. The van der Waals surface area contributed by atoms with Gasteiger partial charge in [0.25, 0.3) is 0 Å². The van der Waals surface area contributed by atoms with Crippen molar-refractivity contribution < 1.29 is 22.7 Å². The lowest BCUT2D eigenvalue weighted by Crippen LogP contribution is -2.15. The molecule has 2 aromatic heterocycles. The topological polar surface area (TPSA) is 80.8 Å². The molecule has 2 aromatic rings. The molecule has 120 valence electrons. The third kappa shape index (κ3) is 3.27. The zero-order valence-corrected chi connectivity index (χ0v) is 12.3. The number of nitriles is 1. The first-order valence-corrected chi connectivity index (χ1v) is 6.55. The molecular weight excluding hydrogens is 337 g/mol. The number of nitrogens with zero attached hydrogens (tertiary/aromatic N) is 4. The van der Waals surface area contributed by atoms with Gasteiger partial charge in [0.05, 0.1) is 23.4 Å². The summed E-state index contributed by atoms with van der Waals surface area (Å²) in [5.41, 5.74) is -1.42. The van der Waals surface area contributed by atoms with Crippen LogP contribution in [-0.4, -0.2) is 27.3 Å². The Morgan fingerprint density at radius 2 is 2.17 bits per heavy atom. The van der Waals surface area contributed by atoms with Gasteiger partial charge in [0, 0.05) is 6.20 Å². The Balaban J connectivity index is 2.58. The van der Waals surface area contributed by atoms with Gasteiger partial charge < -0.3 is 4.74 Å². The minimum absolute atomic E-state index is 0.0447. The molecule has 0 aliphatic heterocycles. The van der Waals surface area contributed by atoms with E-state index in [1.165, 1.54) is 0 Å². The summed E-state index contributed by atoms with van der Waals surface area (Å²) in [5.74, 6) is -1.08. The van der Waals surface area contributed by atoms with Crippen molar-refractivity contribution in [3.63, 3.8) is 0 Å². The molecule has 0 aromatic carbocycles. The van der Waals surface area contributed by atoms with Crippen LogP contribution in [0, 0.1) is 11.3 Å². The van der Waals surface area contributed by atoms with Gasteiger partial charge in [-0.05, 0) is 13.0 Å². The van der Waals surface area contributed by atoms with Gasteiger partial charge in [-0.15, -0.1) is 0 Å². The van der Waals surface area contributed by atoms with Crippen LogP contribution in [0.1, 0.15) is 28.5 Å². The molecule has 0 N–H and O–H groups in total. The first kappa shape index (κ1) is 16.8. The first-order valence-electron chi connectivity index (χ1n) is 6.18. The van der Waals surface area contributed by atoms with Gasteiger partial charge in [-0.1, -0.05) is 11.6 Å². The smallest absolute Gasteiger partial charge is 0.417 e. The Kier molecular flexibility index (Phi) is 4.56. The average Bonchev–Trinajstić information content (AvgIpc) is 2.90. The van der Waals surface area contributed by atoms with Crippen LogP contribution >= 0.6 is 11.6 Å². The molecule has 10 heteroatoms. The van der Waals surface area contributed by atoms with Crippen LogP contribution in [0.4, 0.5) is 13.2 Å². The molecule has 0 amide bonds. The van der Waals surface area contributed by atoms with Crippen LogP contribution in [-0.2, 0) is 10.9 Å². The molecule has 2 heterocycles. The van der Waals surface area contributed by atoms with Crippen LogP contribution in [0.2, 0.25) is 5.02 Å². The predicted molar refractivity (Wildman–Crippen MR) is 72.0 cm³/mol. The first-order chi connectivity index (χ1) is 10.8. The summed E-state index contributed by atoms with van der Waals surface area (Å²) in [5, 5.41) is 12.4. The highest BCUT2D eigenvalue weighted by molar-refractivity contribution is 6.32. The average molecular weight is 345 g/mol. The van der Waals surface area contributed by atoms with Crippen LogP contribution in [0.15, 0.2) is 18.5 Å². The Morgan fingerprint density at radius 1 is 1.48 bits per heavy atom. The molecule has 0 saturated carbocycles. The van der Waals surface area contributed by atoms with Gasteiger partial charge in [0.1, 0.15) is 11.6 Å². The van der Waals surface area contributed by atoms with Crippen LogP contribution < -0.4 is 0 Å². The largest absolute Gasteiger partial charge is 0.461 e. The molecule has 6 nitrogen and oxygen atoms in total. The third-order valence-corrected chi connectivity index (χ3v) is 2.99. The quantitative estimate of drug-likeness (QED) is 0.799. The molecule has 0 saturated heterocycles. The summed E-state index contributed by atoms with van der Waals surface area (Å²) < 4.78 is 43.6. The zero-order chi connectivity index (χ0) is 17.2. The summed E-state index contributed by atoms with van der Waals surface area (Å²) in [6, 6.07) is 2.40. The van der Waals surface area contributed by atoms with Gasteiger partial charge in [0.15, 0.2) is 11.5 Å². The van der Waals surface area contributed by atoms with E-state index in [4.69, 9.17) is 21.6 Å². The van der Waals surface area contributed by atoms with Crippen LogP contribution in [0.25, 0.3) is 5.82 Å². The monoisotopic (exact) mass is 344 g/mol. The highest BCUT2D eigenvalue weighted by Gasteiger charge is 2.32. The SMILES string of the molecule is CCOC(=O)c1c(C#N)cnn1-c1ncc(C(F)(F)F)cc1Cl. The van der Waals surface area contributed by atoms with E-state index >= 15 is 0 Å². The zero-order valence-electron chi connectivity index (χ0n) is 11.6. The van der Waals surface area contributed by atoms with Gasteiger partial charge in [-0.25, -0.2) is 14.5 Å². The number of hydrogen-bond acceptors (Lipinski definition) is 5. The van der Waals surface area contributed by atoms with E-state index in [1.807, 2.05) is 0 Å². The van der Waals surface area contributed by atoms with E-state index in [2.05, 4.69) is 10.1 Å². The Bertz CT molecular complexity index is 795. The van der Waals surface area contributed by atoms with Crippen molar-refractivity contribution >= 4 is 17.6 Å². The maximum Gasteiger partial charge on any atom is 0.417 e. The summed E-state index contributed by atoms with van der Waals surface area (Å²) in [7, 11) is 0. The van der Waals surface area contributed by atoms with Crippen molar-refractivity contribution in [1.29, 1.82) is 5.26 Å². The molecule has 2 rings (SSSR count). The summed E-state index contributed by atoms with van der Waals surface area (Å²) in [4.78, 5) is 15.5. The van der Waals surface area contributed by atoms with Crippen molar-refractivity contribution in [2.24, 2.45) is 0 Å². The highest BCUT2D eigenvalue weighted by atomic mass is 35.5. The number of halogens is 4. The molecular formula is C13H8ClF3N4O2. The number of carbonyl (C=O) groups excluding carboxylic acids is 1. The van der Waals surface area contributed by atoms with Gasteiger partial charge in [0.2, 0.25) is 0 Å². The molecule has 0 aliphatic rings.